The van der Waals surface area contributed by atoms with Crippen LogP contribution in [0.25, 0.3) is 0 Å². The van der Waals surface area contributed by atoms with Gasteiger partial charge in [-0.1, -0.05) is 25.7 Å². The van der Waals surface area contributed by atoms with Crippen LogP contribution in [0.2, 0.25) is 0 Å². The van der Waals surface area contributed by atoms with Crippen molar-refractivity contribution in [3.05, 3.63) is 0 Å². The molecule has 0 N–H and O–H groups in total. The van der Waals surface area contributed by atoms with E-state index >= 15 is 0 Å². The van der Waals surface area contributed by atoms with Crippen LogP contribution >= 0.6 is 47.0 Å². The summed E-state index contributed by atoms with van der Waals surface area (Å²) in [7, 11) is 0. The first-order valence-corrected chi connectivity index (χ1v) is 22.0. The van der Waals surface area contributed by atoms with Gasteiger partial charge in [-0.2, -0.15) is 47.0 Å². The van der Waals surface area contributed by atoms with Crippen LogP contribution in [0.3, 0.4) is 0 Å². The summed E-state index contributed by atoms with van der Waals surface area (Å²) in [5, 5.41) is 0. The van der Waals surface area contributed by atoms with Gasteiger partial charge in [-0.3, -0.25) is 19.2 Å². The van der Waals surface area contributed by atoms with Crippen molar-refractivity contribution in [3.63, 3.8) is 0 Å². The molecule has 0 bridgehead atoms. The first-order chi connectivity index (χ1) is 21.8. The Labute approximate surface area is 290 Å². The minimum Gasteiger partial charge on any atom is -0.465 e. The molecular formula is C33H60O8S4. The van der Waals surface area contributed by atoms with E-state index in [-0.39, 0.29) is 76.0 Å². The lowest BCUT2D eigenvalue weighted by molar-refractivity contribution is -0.170. The second kappa shape index (κ2) is 31.9. The number of ether oxygens (including phenoxy) is 4. The van der Waals surface area contributed by atoms with Crippen LogP contribution in [0.4, 0.5) is 0 Å². The Kier molecular flexibility index (Phi) is 31.3. The van der Waals surface area contributed by atoms with Crippen LogP contribution in [0, 0.1) is 5.41 Å². The Balaban J connectivity index is 5.47. The topological polar surface area (TPSA) is 105 Å². The van der Waals surface area contributed by atoms with E-state index in [1.54, 1.807) is 47.0 Å². The highest BCUT2D eigenvalue weighted by molar-refractivity contribution is 7.99. The van der Waals surface area contributed by atoms with Crippen molar-refractivity contribution in [2.24, 2.45) is 5.41 Å². The summed E-state index contributed by atoms with van der Waals surface area (Å²) in [6.45, 7) is -0.724. The maximum Gasteiger partial charge on any atom is 0.305 e. The van der Waals surface area contributed by atoms with E-state index in [0.717, 1.165) is 100 Å². The number of rotatable bonds is 32. The van der Waals surface area contributed by atoms with E-state index < -0.39 is 5.41 Å². The first-order valence-electron chi connectivity index (χ1n) is 16.4. The SMILES string of the molecule is CSCCCCCC(=O)OCC(COC(=O)CCCCCSC)(COC(=O)CCCCCSC)COC(=O)CCCCCSC. The minimum absolute atomic E-state index is 0.181. The maximum absolute atomic E-state index is 12.7. The molecule has 45 heavy (non-hydrogen) atoms. The van der Waals surface area contributed by atoms with Crippen LogP contribution in [0.15, 0.2) is 0 Å². The highest BCUT2D eigenvalue weighted by Gasteiger charge is 2.38. The van der Waals surface area contributed by atoms with Gasteiger partial charge in [0, 0.05) is 25.7 Å². The predicted octanol–water partition coefficient (Wildman–Crippen LogP) is 7.84. The Morgan fingerprint density at radius 3 is 0.800 bits per heavy atom. The molecule has 0 aliphatic heterocycles. The average molecular weight is 713 g/mol. The van der Waals surface area contributed by atoms with Gasteiger partial charge in [0.05, 0.1) is 0 Å². The lowest BCUT2D eigenvalue weighted by Crippen LogP contribution is -2.44. The fourth-order valence-corrected chi connectivity index (χ4v) is 6.21. The first kappa shape index (κ1) is 44.3. The van der Waals surface area contributed by atoms with Crippen molar-refractivity contribution in [3.8, 4) is 0 Å². The van der Waals surface area contributed by atoms with Gasteiger partial charge in [-0.15, -0.1) is 0 Å². The number of hydrogen-bond acceptors (Lipinski definition) is 12. The van der Waals surface area contributed by atoms with Crippen molar-refractivity contribution in [2.75, 3.05) is 74.5 Å². The molecule has 0 unspecified atom stereocenters. The van der Waals surface area contributed by atoms with Gasteiger partial charge in [0.2, 0.25) is 0 Å². The summed E-state index contributed by atoms with van der Waals surface area (Å²) in [5.74, 6) is 2.71. The van der Waals surface area contributed by atoms with Crippen LogP contribution in [0.5, 0.6) is 0 Å². The summed E-state index contributed by atoms with van der Waals surface area (Å²) < 4.78 is 22.6. The molecule has 0 atom stereocenters. The third kappa shape index (κ3) is 28.0. The number of carbonyl (C=O) groups excluding carboxylic acids is 4. The molecule has 0 saturated carbocycles. The third-order valence-corrected chi connectivity index (χ3v) is 9.86. The molecule has 0 fully saturated rings. The molecular weight excluding hydrogens is 653 g/mol. The quantitative estimate of drug-likeness (QED) is 0.0386. The minimum atomic E-state index is -1.19. The van der Waals surface area contributed by atoms with E-state index in [9.17, 15) is 19.2 Å². The molecule has 0 heterocycles. The number of hydrogen-bond donors (Lipinski definition) is 0. The van der Waals surface area contributed by atoms with Crippen LogP contribution < -0.4 is 0 Å². The highest BCUT2D eigenvalue weighted by Crippen LogP contribution is 2.23. The van der Waals surface area contributed by atoms with Gasteiger partial charge in [-0.25, -0.2) is 0 Å². The number of unbranched alkanes of at least 4 members (excludes halogenated alkanes) is 8. The fourth-order valence-electron chi connectivity index (χ4n) is 4.24. The molecule has 0 rings (SSSR count). The Hall–Kier alpha value is -0.720. The molecule has 0 amide bonds. The van der Waals surface area contributed by atoms with E-state index in [4.69, 9.17) is 18.9 Å². The van der Waals surface area contributed by atoms with Crippen LogP contribution in [0.1, 0.15) is 103 Å². The van der Waals surface area contributed by atoms with Gasteiger partial charge in [0.15, 0.2) is 0 Å². The standard InChI is InChI=1S/C33H60O8S4/c1-42-21-13-5-9-17-29(34)38-25-33(26-39-30(35)18-10-6-14-22-43-2,27-40-31(36)19-11-7-15-23-44-3)28-41-32(37)20-12-8-16-24-45-4/h5-28H2,1-4H3. The van der Waals surface area contributed by atoms with Crippen molar-refractivity contribution in [1.82, 2.24) is 0 Å². The lowest BCUT2D eigenvalue weighted by atomic mass is 9.92. The zero-order valence-electron chi connectivity index (χ0n) is 28.4. The van der Waals surface area contributed by atoms with Gasteiger partial charge in [0.1, 0.15) is 31.8 Å². The molecule has 0 radical (unpaired) electrons. The van der Waals surface area contributed by atoms with Gasteiger partial charge >= 0.3 is 23.9 Å². The second-order valence-electron chi connectivity index (χ2n) is 11.4. The zero-order chi connectivity index (χ0) is 33.4. The molecule has 0 aromatic rings. The molecule has 0 aromatic carbocycles. The summed E-state index contributed by atoms with van der Waals surface area (Å²) in [6.07, 6.45) is 20.0. The average Bonchev–Trinajstić information content (AvgIpc) is 3.03. The van der Waals surface area contributed by atoms with E-state index in [0.29, 0.717) is 0 Å². The number of esters is 4. The van der Waals surface area contributed by atoms with Gasteiger partial charge < -0.3 is 18.9 Å². The largest absolute Gasteiger partial charge is 0.465 e. The Bertz CT molecular complexity index is 643. The van der Waals surface area contributed by atoms with Crippen molar-refractivity contribution in [1.29, 1.82) is 0 Å². The second-order valence-corrected chi connectivity index (χ2v) is 15.3. The molecule has 0 aromatic heterocycles. The molecule has 8 nitrogen and oxygen atoms in total. The summed E-state index contributed by atoms with van der Waals surface area (Å²) >= 11 is 7.11. The monoisotopic (exact) mass is 712 g/mol. The van der Waals surface area contributed by atoms with Gasteiger partial charge in [0.25, 0.3) is 0 Å². The molecule has 0 aliphatic rings. The molecule has 12 heteroatoms. The van der Waals surface area contributed by atoms with E-state index in [2.05, 4.69) is 25.0 Å². The fraction of sp³-hybridized carbons (Fsp3) is 0.879. The van der Waals surface area contributed by atoms with Crippen LogP contribution in [-0.2, 0) is 38.1 Å². The molecule has 264 valence electrons. The smallest absolute Gasteiger partial charge is 0.305 e. The maximum atomic E-state index is 12.7. The Morgan fingerprint density at radius 2 is 0.600 bits per heavy atom. The number of carbonyl (C=O) groups is 4. The van der Waals surface area contributed by atoms with E-state index in [1.807, 2.05) is 0 Å². The summed E-state index contributed by atoms with van der Waals surface area (Å²) in [4.78, 5) is 50.7. The predicted molar refractivity (Wildman–Crippen MR) is 194 cm³/mol. The highest BCUT2D eigenvalue weighted by atomic mass is 32.2. The number of thioether (sulfide) groups is 4. The van der Waals surface area contributed by atoms with E-state index in [1.165, 1.54) is 0 Å². The van der Waals surface area contributed by atoms with Crippen molar-refractivity contribution in [2.45, 2.75) is 103 Å². The lowest BCUT2D eigenvalue weighted by Gasteiger charge is -2.31. The molecule has 0 aliphatic carbocycles. The molecule has 0 saturated heterocycles. The zero-order valence-corrected chi connectivity index (χ0v) is 31.6. The Morgan fingerprint density at radius 1 is 0.378 bits per heavy atom. The summed E-state index contributed by atoms with van der Waals surface area (Å²) in [5.41, 5.74) is -1.19. The van der Waals surface area contributed by atoms with Crippen molar-refractivity contribution < 1.29 is 38.1 Å². The van der Waals surface area contributed by atoms with Crippen molar-refractivity contribution >= 4 is 70.9 Å². The third-order valence-electron chi connectivity index (χ3n) is 7.07. The van der Waals surface area contributed by atoms with Gasteiger partial charge in [-0.05, 0) is 99.4 Å². The molecule has 0 spiro atoms. The normalized spacial score (nSPS) is 11.3. The summed E-state index contributed by atoms with van der Waals surface area (Å²) in [6, 6.07) is 0. The van der Waals surface area contributed by atoms with Crippen LogP contribution in [-0.4, -0.2) is 98.3 Å².